The van der Waals surface area contributed by atoms with Gasteiger partial charge in [0, 0.05) is 13.2 Å². The number of rotatable bonds is 13. The number of ether oxygens (including phenoxy) is 1. The smallest absolute Gasteiger partial charge is 0.0478 e. The molecule has 0 bridgehead atoms. The minimum atomic E-state index is 0.914. The van der Waals surface area contributed by atoms with Crippen LogP contribution in [0.15, 0.2) is 0 Å². The summed E-state index contributed by atoms with van der Waals surface area (Å²) in [6.45, 7) is 8.53. The van der Waals surface area contributed by atoms with Gasteiger partial charge < -0.3 is 10.1 Å². The van der Waals surface area contributed by atoms with Crippen LogP contribution in [0, 0.1) is 0 Å². The lowest BCUT2D eigenvalue weighted by Crippen LogP contribution is -2.18. The van der Waals surface area contributed by atoms with Crippen molar-refractivity contribution in [2.45, 2.75) is 65.2 Å². The van der Waals surface area contributed by atoms with Crippen molar-refractivity contribution >= 4 is 0 Å². The minimum Gasteiger partial charge on any atom is -0.381 e. The van der Waals surface area contributed by atoms with Crippen LogP contribution in [0.2, 0.25) is 0 Å². The molecule has 0 heterocycles. The molecule has 98 valence electrons. The van der Waals surface area contributed by atoms with E-state index in [0.717, 1.165) is 32.6 Å². The first-order valence-electron chi connectivity index (χ1n) is 7.20. The summed E-state index contributed by atoms with van der Waals surface area (Å²) in [5.41, 5.74) is 0. The molecule has 0 saturated carbocycles. The third-order valence-corrected chi connectivity index (χ3v) is 2.70. The molecule has 2 heteroatoms. The Morgan fingerprint density at radius 2 is 1.38 bits per heavy atom. The van der Waals surface area contributed by atoms with Crippen LogP contribution in [0.3, 0.4) is 0 Å². The minimum absolute atomic E-state index is 0.914. The average molecular weight is 229 g/mol. The summed E-state index contributed by atoms with van der Waals surface area (Å²) in [5, 5.41) is 3.47. The van der Waals surface area contributed by atoms with Crippen molar-refractivity contribution in [2.24, 2.45) is 0 Å². The second-order valence-electron chi connectivity index (χ2n) is 4.48. The predicted octanol–water partition coefficient (Wildman–Crippen LogP) is 3.75. The third kappa shape index (κ3) is 13.9. The molecule has 16 heavy (non-hydrogen) atoms. The molecule has 0 atom stereocenters. The van der Waals surface area contributed by atoms with Gasteiger partial charge in [0.1, 0.15) is 0 Å². The fraction of sp³-hybridized carbons (Fsp3) is 1.00. The Morgan fingerprint density at radius 1 is 0.688 bits per heavy atom. The van der Waals surface area contributed by atoms with Gasteiger partial charge in [-0.25, -0.2) is 0 Å². The van der Waals surface area contributed by atoms with Crippen molar-refractivity contribution in [3.63, 3.8) is 0 Å². The highest BCUT2D eigenvalue weighted by Crippen LogP contribution is 2.03. The van der Waals surface area contributed by atoms with E-state index in [0.29, 0.717) is 0 Å². The summed E-state index contributed by atoms with van der Waals surface area (Å²) in [7, 11) is 0. The molecule has 0 radical (unpaired) electrons. The normalized spacial score (nSPS) is 10.9. The summed E-state index contributed by atoms with van der Waals surface area (Å²) in [5.74, 6) is 0. The molecule has 0 unspecified atom stereocenters. The van der Waals surface area contributed by atoms with Crippen LogP contribution in [0.25, 0.3) is 0 Å². The molecule has 0 spiro atoms. The molecule has 0 rings (SSSR count). The van der Waals surface area contributed by atoms with E-state index in [-0.39, 0.29) is 0 Å². The lowest BCUT2D eigenvalue weighted by molar-refractivity contribution is 0.132. The van der Waals surface area contributed by atoms with Crippen molar-refractivity contribution in [3.05, 3.63) is 0 Å². The maximum atomic E-state index is 5.41. The number of hydrogen-bond donors (Lipinski definition) is 1. The Hall–Kier alpha value is -0.0800. The van der Waals surface area contributed by atoms with Crippen molar-refractivity contribution in [1.82, 2.24) is 5.32 Å². The SMILES string of the molecule is CCCCCCCCNCCCOCCC. The average Bonchev–Trinajstić information content (AvgIpc) is 2.31. The molecule has 0 aromatic heterocycles. The lowest BCUT2D eigenvalue weighted by atomic mass is 10.1. The van der Waals surface area contributed by atoms with Gasteiger partial charge in [-0.15, -0.1) is 0 Å². The van der Waals surface area contributed by atoms with Gasteiger partial charge in [-0.1, -0.05) is 46.0 Å². The molecule has 1 N–H and O–H groups in total. The molecule has 0 aliphatic rings. The van der Waals surface area contributed by atoms with Crippen LogP contribution in [0.1, 0.15) is 65.2 Å². The summed E-state index contributed by atoms with van der Waals surface area (Å²) in [4.78, 5) is 0. The summed E-state index contributed by atoms with van der Waals surface area (Å²) in [6.07, 6.45) is 10.6. The molecular formula is C14H31NO. The van der Waals surface area contributed by atoms with Crippen LogP contribution < -0.4 is 5.32 Å². The highest BCUT2D eigenvalue weighted by Gasteiger charge is 1.91. The van der Waals surface area contributed by atoms with Gasteiger partial charge in [0.05, 0.1) is 0 Å². The maximum absolute atomic E-state index is 5.41. The Labute approximate surface area is 102 Å². The van der Waals surface area contributed by atoms with Crippen LogP contribution in [-0.2, 0) is 4.74 Å². The van der Waals surface area contributed by atoms with E-state index in [9.17, 15) is 0 Å². The van der Waals surface area contributed by atoms with Gasteiger partial charge in [-0.3, -0.25) is 0 Å². The van der Waals surface area contributed by atoms with E-state index in [1.165, 1.54) is 45.1 Å². The maximum Gasteiger partial charge on any atom is 0.0478 e. The molecule has 2 nitrogen and oxygen atoms in total. The van der Waals surface area contributed by atoms with Crippen LogP contribution in [0.5, 0.6) is 0 Å². The standard InChI is InChI=1S/C14H31NO/c1-3-5-6-7-8-9-11-15-12-10-14-16-13-4-2/h15H,3-14H2,1-2H3. The van der Waals surface area contributed by atoms with Crippen LogP contribution >= 0.6 is 0 Å². The zero-order chi connectivity index (χ0) is 11.9. The van der Waals surface area contributed by atoms with E-state index in [1.54, 1.807) is 0 Å². The Kier molecular flexibility index (Phi) is 14.8. The van der Waals surface area contributed by atoms with Crippen LogP contribution in [0.4, 0.5) is 0 Å². The van der Waals surface area contributed by atoms with Gasteiger partial charge in [0.25, 0.3) is 0 Å². The Morgan fingerprint density at radius 3 is 2.12 bits per heavy atom. The summed E-state index contributed by atoms with van der Waals surface area (Å²) >= 11 is 0. The first kappa shape index (κ1) is 15.9. The molecule has 0 aliphatic heterocycles. The lowest BCUT2D eigenvalue weighted by Gasteiger charge is -2.05. The summed E-state index contributed by atoms with van der Waals surface area (Å²) in [6, 6.07) is 0. The topological polar surface area (TPSA) is 21.3 Å². The zero-order valence-electron chi connectivity index (χ0n) is 11.4. The highest BCUT2D eigenvalue weighted by atomic mass is 16.5. The van der Waals surface area contributed by atoms with E-state index in [1.807, 2.05) is 0 Å². The first-order valence-corrected chi connectivity index (χ1v) is 7.20. The van der Waals surface area contributed by atoms with Gasteiger partial charge in [0.2, 0.25) is 0 Å². The van der Waals surface area contributed by atoms with Crippen LogP contribution in [-0.4, -0.2) is 26.3 Å². The second kappa shape index (κ2) is 14.9. The molecule has 0 saturated heterocycles. The molecule has 0 aliphatic carbocycles. The number of nitrogens with one attached hydrogen (secondary N) is 1. The van der Waals surface area contributed by atoms with Gasteiger partial charge in [0.15, 0.2) is 0 Å². The molecule has 0 aromatic carbocycles. The van der Waals surface area contributed by atoms with Crippen molar-refractivity contribution in [3.8, 4) is 0 Å². The van der Waals surface area contributed by atoms with E-state index >= 15 is 0 Å². The fourth-order valence-corrected chi connectivity index (χ4v) is 1.70. The Balaban J connectivity index is 2.83. The quantitative estimate of drug-likeness (QED) is 0.486. The zero-order valence-corrected chi connectivity index (χ0v) is 11.4. The van der Waals surface area contributed by atoms with Crippen molar-refractivity contribution in [1.29, 1.82) is 0 Å². The molecular weight excluding hydrogens is 198 g/mol. The van der Waals surface area contributed by atoms with Gasteiger partial charge in [-0.2, -0.15) is 0 Å². The fourth-order valence-electron chi connectivity index (χ4n) is 1.70. The van der Waals surface area contributed by atoms with E-state index in [2.05, 4.69) is 19.2 Å². The molecule has 0 aromatic rings. The largest absolute Gasteiger partial charge is 0.381 e. The van der Waals surface area contributed by atoms with E-state index in [4.69, 9.17) is 4.74 Å². The van der Waals surface area contributed by atoms with Gasteiger partial charge >= 0.3 is 0 Å². The monoisotopic (exact) mass is 229 g/mol. The van der Waals surface area contributed by atoms with E-state index < -0.39 is 0 Å². The molecule has 0 amide bonds. The number of hydrogen-bond acceptors (Lipinski definition) is 2. The second-order valence-corrected chi connectivity index (χ2v) is 4.48. The van der Waals surface area contributed by atoms with Gasteiger partial charge in [-0.05, 0) is 32.4 Å². The highest BCUT2D eigenvalue weighted by molar-refractivity contribution is 4.50. The Bertz CT molecular complexity index is 103. The number of unbranched alkanes of at least 4 members (excludes halogenated alkanes) is 5. The molecule has 0 fully saturated rings. The van der Waals surface area contributed by atoms with Crippen molar-refractivity contribution in [2.75, 3.05) is 26.3 Å². The summed E-state index contributed by atoms with van der Waals surface area (Å²) < 4.78 is 5.41. The third-order valence-electron chi connectivity index (χ3n) is 2.70. The first-order chi connectivity index (χ1) is 7.91. The van der Waals surface area contributed by atoms with Crippen molar-refractivity contribution < 1.29 is 4.74 Å². The predicted molar refractivity (Wildman–Crippen MR) is 72.0 cm³/mol.